The molecular weight excluding hydrogens is 331 g/mol. The molecule has 24 heavy (non-hydrogen) atoms. The predicted octanol–water partition coefficient (Wildman–Crippen LogP) is 3.20. The molecule has 1 aliphatic rings. The molecule has 0 saturated carbocycles. The molecule has 1 aromatic carbocycles. The molecule has 2 heterocycles. The Kier molecular flexibility index (Phi) is 5.13. The van der Waals surface area contributed by atoms with Crippen molar-refractivity contribution in [2.45, 2.75) is 24.7 Å². The van der Waals surface area contributed by atoms with Crippen LogP contribution in [0.1, 0.15) is 24.1 Å². The lowest BCUT2D eigenvalue weighted by molar-refractivity contribution is -0.130. The monoisotopic (exact) mass is 350 g/mol. The lowest BCUT2D eigenvalue weighted by Gasteiger charge is -2.36. The average Bonchev–Trinajstić information content (AvgIpc) is 3.07. The number of carbonyl (C=O) groups is 1. The number of nitrogens with one attached hydrogen (secondary N) is 2. The molecular formula is C17H19FN2O3S. The van der Waals surface area contributed by atoms with E-state index in [0.29, 0.717) is 11.5 Å². The zero-order valence-corrected chi connectivity index (χ0v) is 13.9. The highest BCUT2D eigenvalue weighted by Gasteiger charge is 2.37. The summed E-state index contributed by atoms with van der Waals surface area (Å²) in [6, 6.07) is 7.79. The van der Waals surface area contributed by atoms with Gasteiger partial charge in [0.15, 0.2) is 0 Å². The molecule has 7 heteroatoms. The van der Waals surface area contributed by atoms with Crippen LogP contribution in [0.15, 0.2) is 35.7 Å². The van der Waals surface area contributed by atoms with E-state index in [9.17, 15) is 9.18 Å². The quantitative estimate of drug-likeness (QED) is 0.572. The van der Waals surface area contributed by atoms with Crippen LogP contribution < -0.4 is 15.5 Å². The Balaban J connectivity index is 1.80. The van der Waals surface area contributed by atoms with E-state index in [-0.39, 0.29) is 23.6 Å². The van der Waals surface area contributed by atoms with Crippen molar-refractivity contribution in [2.75, 3.05) is 13.1 Å². The molecule has 128 valence electrons. The third-order valence-electron chi connectivity index (χ3n) is 4.33. The lowest BCUT2D eigenvalue weighted by Crippen LogP contribution is -2.42. The second kappa shape index (κ2) is 7.29. The molecule has 0 aliphatic carbocycles. The minimum atomic E-state index is -0.383. The van der Waals surface area contributed by atoms with Crippen LogP contribution in [0.25, 0.3) is 0 Å². The second-order valence-corrected chi connectivity index (χ2v) is 6.86. The first-order valence-electron chi connectivity index (χ1n) is 7.77. The first kappa shape index (κ1) is 16.9. The van der Waals surface area contributed by atoms with Gasteiger partial charge in [-0.25, -0.2) is 9.87 Å². The van der Waals surface area contributed by atoms with Gasteiger partial charge in [0, 0.05) is 22.1 Å². The number of hydrogen-bond donors (Lipinski definition) is 3. The normalized spacial score (nSPS) is 16.6. The Morgan fingerprint density at radius 3 is 2.67 bits per heavy atom. The molecule has 0 spiro atoms. The van der Waals surface area contributed by atoms with Gasteiger partial charge in [0.1, 0.15) is 17.3 Å². The van der Waals surface area contributed by atoms with Gasteiger partial charge >= 0.3 is 0 Å². The minimum absolute atomic E-state index is 0.238. The highest BCUT2D eigenvalue weighted by atomic mass is 32.1. The van der Waals surface area contributed by atoms with Crippen molar-refractivity contribution in [1.82, 2.24) is 10.8 Å². The van der Waals surface area contributed by atoms with Gasteiger partial charge in [-0.15, -0.1) is 11.3 Å². The number of halogens is 1. The Morgan fingerprint density at radius 1 is 1.29 bits per heavy atom. The molecule has 0 atom stereocenters. The van der Waals surface area contributed by atoms with Gasteiger partial charge in [-0.05, 0) is 56.3 Å². The average molecular weight is 350 g/mol. The van der Waals surface area contributed by atoms with Crippen LogP contribution in [-0.4, -0.2) is 24.2 Å². The summed E-state index contributed by atoms with van der Waals surface area (Å²) in [6.45, 7) is 1.65. The SMILES string of the molecule is O=C(CC1(c2cc(Oc3ccc(F)cc3)cs2)CCNCC1)NO. The first-order chi connectivity index (χ1) is 11.6. The van der Waals surface area contributed by atoms with Crippen molar-refractivity contribution in [3.05, 3.63) is 46.4 Å². The Labute approximate surface area is 143 Å². The molecule has 0 bridgehead atoms. The maximum Gasteiger partial charge on any atom is 0.244 e. The molecule has 2 aromatic rings. The number of carbonyl (C=O) groups excluding carboxylic acids is 1. The van der Waals surface area contributed by atoms with Gasteiger partial charge < -0.3 is 10.1 Å². The van der Waals surface area contributed by atoms with Gasteiger partial charge in [0.25, 0.3) is 0 Å². The molecule has 5 nitrogen and oxygen atoms in total. The smallest absolute Gasteiger partial charge is 0.244 e. The third-order valence-corrected chi connectivity index (χ3v) is 5.49. The lowest BCUT2D eigenvalue weighted by atomic mass is 9.74. The van der Waals surface area contributed by atoms with Gasteiger partial charge in [-0.1, -0.05) is 0 Å². The Hall–Kier alpha value is -1.96. The van der Waals surface area contributed by atoms with E-state index >= 15 is 0 Å². The highest BCUT2D eigenvalue weighted by molar-refractivity contribution is 7.10. The first-order valence-corrected chi connectivity index (χ1v) is 8.65. The van der Waals surface area contributed by atoms with E-state index in [0.717, 1.165) is 30.8 Å². The Bertz CT molecular complexity index is 696. The second-order valence-electron chi connectivity index (χ2n) is 5.94. The van der Waals surface area contributed by atoms with Crippen LogP contribution >= 0.6 is 11.3 Å². The van der Waals surface area contributed by atoms with Crippen molar-refractivity contribution in [1.29, 1.82) is 0 Å². The number of piperidine rings is 1. The molecule has 1 amide bonds. The van der Waals surface area contributed by atoms with Crippen molar-refractivity contribution >= 4 is 17.2 Å². The molecule has 1 fully saturated rings. The van der Waals surface area contributed by atoms with E-state index in [4.69, 9.17) is 9.94 Å². The maximum absolute atomic E-state index is 13.0. The maximum atomic E-state index is 13.0. The van der Waals surface area contributed by atoms with E-state index in [1.807, 2.05) is 11.4 Å². The van der Waals surface area contributed by atoms with Crippen molar-refractivity contribution in [3.8, 4) is 11.5 Å². The standard InChI is InChI=1S/C17H19FN2O3S/c18-12-1-3-13(4-2-12)23-14-9-15(24-11-14)17(10-16(21)20-22)5-7-19-8-6-17/h1-4,9,11,19,22H,5-8,10H2,(H,20,21). The zero-order chi connectivity index (χ0) is 17.0. The molecule has 1 saturated heterocycles. The van der Waals surface area contributed by atoms with Gasteiger partial charge in [-0.3, -0.25) is 10.0 Å². The summed E-state index contributed by atoms with van der Waals surface area (Å²) in [7, 11) is 0. The van der Waals surface area contributed by atoms with Crippen molar-refractivity contribution < 1.29 is 19.1 Å². The number of hydrogen-bond acceptors (Lipinski definition) is 5. The fourth-order valence-electron chi connectivity index (χ4n) is 3.05. The minimum Gasteiger partial charge on any atom is -0.456 e. The van der Waals surface area contributed by atoms with E-state index < -0.39 is 0 Å². The third kappa shape index (κ3) is 3.75. The van der Waals surface area contributed by atoms with Crippen LogP contribution in [0.4, 0.5) is 4.39 Å². The summed E-state index contributed by atoms with van der Waals surface area (Å²) >= 11 is 1.54. The summed E-state index contributed by atoms with van der Waals surface area (Å²) in [5.74, 6) is 0.542. The predicted molar refractivity (Wildman–Crippen MR) is 89.1 cm³/mol. The van der Waals surface area contributed by atoms with Crippen molar-refractivity contribution in [2.24, 2.45) is 0 Å². The number of benzene rings is 1. The molecule has 3 N–H and O–H groups in total. The van der Waals surface area contributed by atoms with Crippen molar-refractivity contribution in [3.63, 3.8) is 0 Å². The number of hydroxylamine groups is 1. The molecule has 1 aromatic heterocycles. The van der Waals surface area contributed by atoms with Crippen LogP contribution in [0.3, 0.4) is 0 Å². The zero-order valence-electron chi connectivity index (χ0n) is 13.0. The van der Waals surface area contributed by atoms with Gasteiger partial charge in [-0.2, -0.15) is 0 Å². The molecule has 3 rings (SSSR count). The largest absolute Gasteiger partial charge is 0.456 e. The number of thiophene rings is 1. The summed E-state index contributed by atoms with van der Waals surface area (Å²) in [6.07, 6.45) is 1.87. The van der Waals surface area contributed by atoms with Gasteiger partial charge in [0.2, 0.25) is 5.91 Å². The summed E-state index contributed by atoms with van der Waals surface area (Å²) in [5, 5.41) is 14.1. The van der Waals surface area contributed by atoms with Crippen LogP contribution in [0.5, 0.6) is 11.5 Å². The number of amides is 1. The van der Waals surface area contributed by atoms with E-state index in [2.05, 4.69) is 5.32 Å². The number of rotatable bonds is 5. The topological polar surface area (TPSA) is 70.6 Å². The molecule has 0 unspecified atom stereocenters. The van der Waals surface area contributed by atoms with E-state index in [1.165, 1.54) is 12.1 Å². The van der Waals surface area contributed by atoms with Crippen LogP contribution in [0, 0.1) is 5.82 Å². The number of ether oxygens (including phenoxy) is 1. The summed E-state index contributed by atoms with van der Waals surface area (Å²) in [5.41, 5.74) is 1.44. The fraction of sp³-hybridized carbons (Fsp3) is 0.353. The highest BCUT2D eigenvalue weighted by Crippen LogP contribution is 2.42. The van der Waals surface area contributed by atoms with Crippen LogP contribution in [0.2, 0.25) is 0 Å². The Morgan fingerprint density at radius 2 is 2.00 bits per heavy atom. The fourth-order valence-corrected chi connectivity index (χ4v) is 4.12. The summed E-state index contributed by atoms with van der Waals surface area (Å²) in [4.78, 5) is 12.8. The van der Waals surface area contributed by atoms with Gasteiger partial charge in [0.05, 0.1) is 0 Å². The molecule has 1 aliphatic heterocycles. The van der Waals surface area contributed by atoms with Crippen LogP contribution in [-0.2, 0) is 10.2 Å². The molecule has 0 radical (unpaired) electrons. The summed E-state index contributed by atoms with van der Waals surface area (Å²) < 4.78 is 18.7. The van der Waals surface area contributed by atoms with E-state index in [1.54, 1.807) is 28.9 Å².